The molecule has 1 N–H and O–H groups in total. The van der Waals surface area contributed by atoms with Crippen LogP contribution >= 0.6 is 0 Å². The summed E-state index contributed by atoms with van der Waals surface area (Å²) in [6, 6.07) is 0. The molecule has 0 rings (SSSR count). The van der Waals surface area contributed by atoms with E-state index in [9.17, 15) is 9.59 Å². The molecule has 4 nitrogen and oxygen atoms in total. The highest BCUT2D eigenvalue weighted by Crippen LogP contribution is 2.16. The second kappa shape index (κ2) is 23.8. The summed E-state index contributed by atoms with van der Waals surface area (Å²) in [6.07, 6.45) is 28.8. The van der Waals surface area contributed by atoms with Crippen molar-refractivity contribution in [3.05, 3.63) is 36.5 Å². The Bertz CT molecular complexity index is 534. The molecule has 0 heterocycles. The number of esters is 1. The van der Waals surface area contributed by atoms with E-state index < -0.39 is 5.97 Å². The lowest BCUT2D eigenvalue weighted by Gasteiger charge is -2.18. The average Bonchev–Trinajstić information content (AvgIpc) is 2.76. The maximum atomic E-state index is 12.2. The quantitative estimate of drug-likeness (QED) is 0.103. The predicted octanol–water partition coefficient (Wildman–Crippen LogP) is 8.32. The number of carboxylic acids is 1. The van der Waals surface area contributed by atoms with Crippen molar-refractivity contribution in [1.82, 2.24) is 0 Å². The summed E-state index contributed by atoms with van der Waals surface area (Å²) in [4.78, 5) is 22.8. The van der Waals surface area contributed by atoms with Crippen molar-refractivity contribution in [3.8, 4) is 0 Å². The number of aliphatic carboxylic acids is 1. The van der Waals surface area contributed by atoms with E-state index in [0.717, 1.165) is 89.9 Å². The molecule has 0 fully saturated rings. The van der Waals surface area contributed by atoms with Crippen LogP contribution in [0.3, 0.4) is 0 Å². The van der Waals surface area contributed by atoms with Gasteiger partial charge in [0.05, 0.1) is 0 Å². The van der Waals surface area contributed by atoms with Crippen LogP contribution in [0.25, 0.3) is 0 Å². The monoisotopic (exact) mass is 448 g/mol. The van der Waals surface area contributed by atoms with Gasteiger partial charge in [-0.2, -0.15) is 0 Å². The lowest BCUT2D eigenvalue weighted by atomic mass is 10.0. The lowest BCUT2D eigenvalue weighted by Crippen LogP contribution is -2.18. The minimum Gasteiger partial charge on any atom is -0.481 e. The predicted molar refractivity (Wildman–Crippen MR) is 135 cm³/mol. The topological polar surface area (TPSA) is 63.6 Å². The van der Waals surface area contributed by atoms with Crippen molar-refractivity contribution in [2.24, 2.45) is 0 Å². The smallest absolute Gasteiger partial charge is 0.306 e. The number of unbranched alkanes of at least 4 members (excludes halogenated alkanes) is 7. The highest BCUT2D eigenvalue weighted by molar-refractivity contribution is 5.69. The summed E-state index contributed by atoms with van der Waals surface area (Å²) in [5.74, 6) is -0.812. The molecule has 0 amide bonds. The van der Waals surface area contributed by atoms with Crippen molar-refractivity contribution in [2.45, 2.75) is 129 Å². The van der Waals surface area contributed by atoms with Gasteiger partial charge in [0.2, 0.25) is 0 Å². The van der Waals surface area contributed by atoms with Gasteiger partial charge in [-0.3, -0.25) is 9.59 Å². The van der Waals surface area contributed by atoms with Crippen LogP contribution in [0.1, 0.15) is 123 Å². The Morgan fingerprint density at radius 3 is 1.97 bits per heavy atom. The molecular weight excluding hydrogens is 400 g/mol. The van der Waals surface area contributed by atoms with Crippen molar-refractivity contribution in [2.75, 3.05) is 0 Å². The van der Waals surface area contributed by atoms with E-state index in [1.54, 1.807) is 0 Å². The van der Waals surface area contributed by atoms with Crippen LogP contribution in [0, 0.1) is 0 Å². The van der Waals surface area contributed by atoms with Crippen molar-refractivity contribution >= 4 is 11.9 Å². The van der Waals surface area contributed by atoms with Gasteiger partial charge >= 0.3 is 11.9 Å². The Morgan fingerprint density at radius 2 is 1.31 bits per heavy atom. The molecule has 0 aliphatic carbocycles. The molecule has 184 valence electrons. The average molecular weight is 449 g/mol. The number of allylic oxidation sites excluding steroid dienone is 6. The zero-order chi connectivity index (χ0) is 23.7. The Labute approximate surface area is 197 Å². The van der Waals surface area contributed by atoms with E-state index in [4.69, 9.17) is 9.84 Å². The van der Waals surface area contributed by atoms with Crippen molar-refractivity contribution in [1.29, 1.82) is 0 Å². The minimum atomic E-state index is -0.737. The third-order valence-electron chi connectivity index (χ3n) is 5.38. The van der Waals surface area contributed by atoms with E-state index in [-0.39, 0.29) is 18.5 Å². The summed E-state index contributed by atoms with van der Waals surface area (Å²) >= 11 is 0. The molecule has 0 aromatic heterocycles. The summed E-state index contributed by atoms with van der Waals surface area (Å²) < 4.78 is 5.75. The van der Waals surface area contributed by atoms with E-state index >= 15 is 0 Å². The molecule has 0 saturated heterocycles. The van der Waals surface area contributed by atoms with Gasteiger partial charge in [-0.1, -0.05) is 76.0 Å². The third-order valence-corrected chi connectivity index (χ3v) is 5.38. The molecule has 0 bridgehead atoms. The zero-order valence-electron chi connectivity index (χ0n) is 20.7. The van der Waals surface area contributed by atoms with E-state index in [1.165, 1.54) is 0 Å². The number of carbonyl (C=O) groups excluding carboxylic acids is 1. The fourth-order valence-electron chi connectivity index (χ4n) is 3.49. The maximum absolute atomic E-state index is 12.2. The molecule has 32 heavy (non-hydrogen) atoms. The van der Waals surface area contributed by atoms with Gasteiger partial charge in [-0.05, 0) is 70.6 Å². The van der Waals surface area contributed by atoms with Crippen LogP contribution in [0.4, 0.5) is 0 Å². The van der Waals surface area contributed by atoms with E-state index in [1.807, 2.05) is 0 Å². The molecule has 0 aliphatic heterocycles. The van der Waals surface area contributed by atoms with Gasteiger partial charge in [0.25, 0.3) is 0 Å². The molecule has 0 aliphatic rings. The van der Waals surface area contributed by atoms with Gasteiger partial charge in [-0.15, -0.1) is 0 Å². The molecular formula is C28H48O4. The number of hydrogen-bond acceptors (Lipinski definition) is 3. The summed E-state index contributed by atoms with van der Waals surface area (Å²) in [5, 5.41) is 8.72. The van der Waals surface area contributed by atoms with Crippen LogP contribution in [0.2, 0.25) is 0 Å². The van der Waals surface area contributed by atoms with Crippen LogP contribution in [0.5, 0.6) is 0 Å². The third kappa shape index (κ3) is 22.8. The summed E-state index contributed by atoms with van der Waals surface area (Å²) in [7, 11) is 0. The first kappa shape index (κ1) is 30.2. The second-order valence-electron chi connectivity index (χ2n) is 8.49. The standard InChI is InChI=1S/C28H48O4/c1-3-5-7-8-9-10-11-12-13-14-15-16-21-25-28(31)32-26(22-18-6-4-2)23-19-17-20-24-27(29)30/h5,7,9-10,12-13,26H,3-4,6,8,11,14-25H2,1-2H3,(H,29,30)/b7-5-,10-9-,13-12-. The largest absolute Gasteiger partial charge is 0.481 e. The fourth-order valence-corrected chi connectivity index (χ4v) is 3.49. The number of carbonyl (C=O) groups is 2. The van der Waals surface area contributed by atoms with Gasteiger partial charge in [0, 0.05) is 12.8 Å². The summed E-state index contributed by atoms with van der Waals surface area (Å²) in [6.45, 7) is 4.32. The molecule has 0 aromatic rings. The number of carboxylic acid groups (broad SMARTS) is 1. The molecule has 0 aromatic carbocycles. The first-order valence-corrected chi connectivity index (χ1v) is 13.0. The first-order chi connectivity index (χ1) is 15.6. The molecule has 0 saturated carbocycles. The number of rotatable bonds is 22. The normalized spacial score (nSPS) is 12.8. The van der Waals surface area contributed by atoms with Crippen molar-refractivity contribution in [3.63, 3.8) is 0 Å². The van der Waals surface area contributed by atoms with Crippen LogP contribution < -0.4 is 0 Å². The Morgan fingerprint density at radius 1 is 0.719 bits per heavy atom. The Kier molecular flexibility index (Phi) is 22.4. The van der Waals surface area contributed by atoms with E-state index in [2.05, 4.69) is 50.3 Å². The second-order valence-corrected chi connectivity index (χ2v) is 8.49. The minimum absolute atomic E-state index is 0.00710. The maximum Gasteiger partial charge on any atom is 0.306 e. The molecule has 1 unspecified atom stereocenters. The molecule has 0 radical (unpaired) electrons. The SMILES string of the molecule is CC/C=C\C/C=C\C/C=C\CCCCCC(=O)OC(CCCCC)CCCCCC(=O)O. The van der Waals surface area contributed by atoms with Gasteiger partial charge < -0.3 is 9.84 Å². The Hall–Kier alpha value is -1.84. The highest BCUT2D eigenvalue weighted by atomic mass is 16.5. The molecule has 4 heteroatoms. The highest BCUT2D eigenvalue weighted by Gasteiger charge is 2.14. The first-order valence-electron chi connectivity index (χ1n) is 13.0. The lowest BCUT2D eigenvalue weighted by molar-refractivity contribution is -0.150. The van der Waals surface area contributed by atoms with Crippen LogP contribution in [-0.4, -0.2) is 23.1 Å². The summed E-state index contributed by atoms with van der Waals surface area (Å²) in [5.41, 5.74) is 0. The number of hydrogen-bond donors (Lipinski definition) is 1. The van der Waals surface area contributed by atoms with Gasteiger partial charge in [-0.25, -0.2) is 0 Å². The van der Waals surface area contributed by atoms with Gasteiger partial charge in [0.15, 0.2) is 0 Å². The van der Waals surface area contributed by atoms with Crippen molar-refractivity contribution < 1.29 is 19.4 Å². The fraction of sp³-hybridized carbons (Fsp3) is 0.714. The Balaban J connectivity index is 3.89. The molecule has 0 spiro atoms. The van der Waals surface area contributed by atoms with Crippen LogP contribution in [0.15, 0.2) is 36.5 Å². The van der Waals surface area contributed by atoms with E-state index in [0.29, 0.717) is 12.8 Å². The number of ether oxygens (including phenoxy) is 1. The molecule has 1 atom stereocenters. The van der Waals surface area contributed by atoms with Crippen LogP contribution in [-0.2, 0) is 14.3 Å². The van der Waals surface area contributed by atoms with Gasteiger partial charge in [0.1, 0.15) is 6.10 Å². The zero-order valence-corrected chi connectivity index (χ0v) is 20.7.